The maximum absolute atomic E-state index is 8.57. The van der Waals surface area contributed by atoms with E-state index in [1.807, 2.05) is 0 Å². The molecule has 3 aromatic rings. The van der Waals surface area contributed by atoms with Gasteiger partial charge in [0.15, 0.2) is 0 Å². The number of hydrogen-bond acceptors (Lipinski definition) is 4. The third-order valence-electron chi connectivity index (χ3n) is 3.82. The van der Waals surface area contributed by atoms with E-state index in [1.165, 1.54) is 15.9 Å². The molecule has 0 aliphatic rings. The molecule has 162 valence electrons. The number of benzene rings is 3. The molecule has 32 heavy (non-hydrogen) atoms. The van der Waals surface area contributed by atoms with Crippen LogP contribution >= 0.6 is 7.26 Å². The summed E-state index contributed by atoms with van der Waals surface area (Å²) in [5, 5.41) is 4.28. The van der Waals surface area contributed by atoms with Gasteiger partial charge in [-0.3, -0.25) is 0 Å². The van der Waals surface area contributed by atoms with Crippen molar-refractivity contribution in [3.8, 4) is 0 Å². The van der Waals surface area contributed by atoms with Gasteiger partial charge in [-0.2, -0.15) is 0 Å². The molecule has 0 unspecified atom stereocenters. The molecule has 0 radical (unpaired) electrons. The molecule has 0 aromatic heterocycles. The van der Waals surface area contributed by atoms with Crippen molar-refractivity contribution < 1.29 is 31.8 Å². The molecular formula is C19H22Al4O8P+. The Bertz CT molecular complexity index is 754. The first-order valence-corrected chi connectivity index (χ1v) is 15.0. The van der Waals surface area contributed by atoms with Crippen LogP contribution in [0.4, 0.5) is 0 Å². The molecule has 3 rings (SSSR count). The van der Waals surface area contributed by atoms with E-state index in [-0.39, 0.29) is 0 Å². The van der Waals surface area contributed by atoms with Gasteiger partial charge in [-0.05, 0) is 36.4 Å². The third-order valence-corrected chi connectivity index (χ3v) is 7.81. The van der Waals surface area contributed by atoms with E-state index in [0.717, 1.165) is 0 Å². The van der Waals surface area contributed by atoms with Crippen molar-refractivity contribution in [1.29, 1.82) is 0 Å². The second-order valence-electron chi connectivity index (χ2n) is 5.43. The first-order chi connectivity index (χ1) is 15.5. The Hall–Kier alpha value is -1.38. The van der Waals surface area contributed by atoms with E-state index in [2.05, 4.69) is 97.7 Å². The van der Waals surface area contributed by atoms with Gasteiger partial charge in [-0.15, -0.1) is 0 Å². The van der Waals surface area contributed by atoms with Gasteiger partial charge in [-0.25, -0.2) is 0 Å². The van der Waals surface area contributed by atoms with Crippen molar-refractivity contribution in [2.24, 2.45) is 0 Å². The summed E-state index contributed by atoms with van der Waals surface area (Å²) in [6, 6.07) is 32.6. The zero-order chi connectivity index (χ0) is 24.7. The molecule has 0 aliphatic heterocycles. The molecule has 0 spiro atoms. The van der Waals surface area contributed by atoms with Crippen molar-refractivity contribution in [3.63, 3.8) is 0 Å². The third kappa shape index (κ3) is 13.2. The van der Waals surface area contributed by atoms with Crippen LogP contribution in [0.3, 0.4) is 0 Å². The minimum absolute atomic E-state index is 1.43. The summed E-state index contributed by atoms with van der Waals surface area (Å²) >= 11 is -6.00. The van der Waals surface area contributed by atoms with Crippen LogP contribution in [0.1, 0.15) is 0 Å². The maximum atomic E-state index is 8.57. The van der Waals surface area contributed by atoms with Crippen LogP contribution in [0.5, 0.6) is 0 Å². The van der Waals surface area contributed by atoms with Gasteiger partial charge in [0.2, 0.25) is 0 Å². The molecule has 0 aliphatic carbocycles. The summed E-state index contributed by atoms with van der Waals surface area (Å²) in [5.74, 6) is 0. The Morgan fingerprint density at radius 2 is 0.625 bits per heavy atom. The molecule has 13 heteroatoms. The minimum atomic E-state index is -1.53. The molecule has 4 N–H and O–H groups in total. The summed E-state index contributed by atoms with van der Waals surface area (Å²) in [6.07, 6.45) is 0. The fourth-order valence-corrected chi connectivity index (χ4v) is 5.83. The molecule has 3 aromatic carbocycles. The predicted molar refractivity (Wildman–Crippen MR) is 126 cm³/mol. The second kappa shape index (κ2) is 22.8. The van der Waals surface area contributed by atoms with Gasteiger partial charge in [-0.1, -0.05) is 54.6 Å². The van der Waals surface area contributed by atoms with E-state index < -0.39 is 69.2 Å². The zero-order valence-corrected chi connectivity index (χ0v) is 22.9. The van der Waals surface area contributed by atoms with E-state index >= 15 is 0 Å². The fraction of sp³-hybridized carbons (Fsp3) is 0.0526. The molecule has 0 fully saturated rings. The van der Waals surface area contributed by atoms with Gasteiger partial charge in [0.25, 0.3) is 0 Å². The Labute approximate surface area is 213 Å². The first-order valence-electron chi connectivity index (χ1n) is 8.83. The van der Waals surface area contributed by atoms with Crippen LogP contribution in [-0.4, -0.2) is 85.2 Å². The Morgan fingerprint density at radius 1 is 0.469 bits per heavy atom. The van der Waals surface area contributed by atoms with Crippen LogP contribution in [0.25, 0.3) is 0 Å². The van der Waals surface area contributed by atoms with Gasteiger partial charge in [0, 0.05) is 0 Å². The number of rotatable bonds is 3. The topological polar surface area (TPSA) is 149 Å². The first kappa shape index (κ1) is 32.8. The zero-order valence-electron chi connectivity index (χ0n) is 17.3. The Kier molecular flexibility index (Phi) is 23.4. The predicted octanol–water partition coefficient (Wildman–Crippen LogP) is -0.616. The van der Waals surface area contributed by atoms with E-state index in [9.17, 15) is 0 Å². The van der Waals surface area contributed by atoms with Crippen LogP contribution in [-0.2, 0) is 15.2 Å². The molecule has 0 heterocycles. The second-order valence-corrected chi connectivity index (χ2v) is 9.84. The SMILES string of the molecule is C[P+](c1ccccc1)(c1ccccc1)c1ccccc1.[O]=[Al][OH].[O]=[Al][OH].[O]=[Al][OH].[O]=[Al][OH]. The fourth-order valence-electron chi connectivity index (χ4n) is 2.63. The molecule has 0 amide bonds. The quantitative estimate of drug-likeness (QED) is 0.266. The summed E-state index contributed by atoms with van der Waals surface area (Å²) in [4.78, 5) is 0. The summed E-state index contributed by atoms with van der Waals surface area (Å²) in [6.45, 7) is 2.41. The van der Waals surface area contributed by atoms with Crippen LogP contribution in [0, 0.1) is 0 Å². The van der Waals surface area contributed by atoms with Crippen molar-refractivity contribution in [2.45, 2.75) is 0 Å². The van der Waals surface area contributed by atoms with E-state index in [4.69, 9.17) is 31.8 Å². The van der Waals surface area contributed by atoms with Crippen molar-refractivity contribution >= 4 is 85.1 Å². The van der Waals surface area contributed by atoms with Crippen LogP contribution in [0.2, 0.25) is 0 Å². The van der Waals surface area contributed by atoms with Crippen molar-refractivity contribution in [3.05, 3.63) is 91.0 Å². The molecule has 0 atom stereocenters. The van der Waals surface area contributed by atoms with Gasteiger partial charge < -0.3 is 0 Å². The van der Waals surface area contributed by atoms with Gasteiger partial charge in [0.1, 0.15) is 23.2 Å². The monoisotopic (exact) mass is 517 g/mol. The van der Waals surface area contributed by atoms with E-state index in [0.29, 0.717) is 0 Å². The van der Waals surface area contributed by atoms with Crippen LogP contribution < -0.4 is 15.9 Å². The molecule has 0 saturated heterocycles. The Balaban J connectivity index is 0. The molecule has 8 nitrogen and oxygen atoms in total. The molecule has 0 bridgehead atoms. The average Bonchev–Trinajstić information content (AvgIpc) is 2.82. The Morgan fingerprint density at radius 3 is 0.781 bits per heavy atom. The summed E-state index contributed by atoms with van der Waals surface area (Å²) < 4.78 is 62.7. The van der Waals surface area contributed by atoms with E-state index in [1.54, 1.807) is 0 Å². The normalized spacial score (nSPS) is 8.03. The van der Waals surface area contributed by atoms with Crippen molar-refractivity contribution in [2.75, 3.05) is 6.66 Å². The summed E-state index contributed by atoms with van der Waals surface area (Å²) in [7, 11) is -1.53. The molecular weight excluding hydrogens is 495 g/mol. The summed E-state index contributed by atoms with van der Waals surface area (Å²) in [5.41, 5.74) is 0. The average molecular weight is 517 g/mol. The van der Waals surface area contributed by atoms with Gasteiger partial charge >= 0.3 is 93.8 Å². The molecule has 0 saturated carbocycles. The van der Waals surface area contributed by atoms with Crippen LogP contribution in [0.15, 0.2) is 91.0 Å². The standard InChI is InChI=1S/C19H18P.4Al.4H2O.4O/c1-20(17-11-5-2-6-12-17,18-13-7-3-8-14-18)19-15-9-4-10-16-19;;;;;;;;;;;;/h2-16H,1H3;;;;;4*1H2;;;;/q5*+1;;;;;;;;/p-4. The number of hydrogen-bond donors (Lipinski definition) is 4. The van der Waals surface area contributed by atoms with Gasteiger partial charge in [0.05, 0.1) is 6.66 Å². The van der Waals surface area contributed by atoms with Crippen molar-refractivity contribution in [1.82, 2.24) is 0 Å².